The van der Waals surface area contributed by atoms with Gasteiger partial charge in [0, 0.05) is 12.2 Å². The van der Waals surface area contributed by atoms with Gasteiger partial charge in [0.05, 0.1) is 18.9 Å². The van der Waals surface area contributed by atoms with Crippen molar-refractivity contribution in [3.63, 3.8) is 0 Å². The molecule has 0 spiro atoms. The molecular weight excluding hydrogens is 340 g/mol. The molecule has 1 saturated carbocycles. The van der Waals surface area contributed by atoms with Gasteiger partial charge in [0.25, 0.3) is 0 Å². The van der Waals surface area contributed by atoms with Crippen LogP contribution in [0.2, 0.25) is 0 Å². The first-order valence-electron chi connectivity index (χ1n) is 9.27. The minimum Gasteiger partial charge on any atom is -0.497 e. The Hall–Kier alpha value is -2.82. The molecule has 5 heteroatoms. The number of hydrogen-bond donors (Lipinski definition) is 2. The van der Waals surface area contributed by atoms with Crippen LogP contribution in [0.1, 0.15) is 23.1 Å². The van der Waals surface area contributed by atoms with Gasteiger partial charge < -0.3 is 15.4 Å². The molecule has 1 fully saturated rings. The number of methoxy groups -OCH3 is 1. The number of benzene rings is 2. The smallest absolute Gasteiger partial charge is 0.228 e. The van der Waals surface area contributed by atoms with Gasteiger partial charge in [0.2, 0.25) is 11.8 Å². The topological polar surface area (TPSA) is 67.4 Å². The van der Waals surface area contributed by atoms with Crippen molar-refractivity contribution in [2.24, 2.45) is 11.8 Å². The maximum atomic E-state index is 12.4. The molecule has 0 bridgehead atoms. The van der Waals surface area contributed by atoms with Gasteiger partial charge in [-0.25, -0.2) is 0 Å². The Labute approximate surface area is 160 Å². The molecule has 3 rings (SSSR count). The van der Waals surface area contributed by atoms with E-state index in [0.717, 1.165) is 34.5 Å². The normalized spacial score (nSPS) is 17.9. The predicted molar refractivity (Wildman–Crippen MR) is 106 cm³/mol. The summed E-state index contributed by atoms with van der Waals surface area (Å²) in [7, 11) is 1.64. The Morgan fingerprint density at radius 3 is 2.59 bits per heavy atom. The minimum absolute atomic E-state index is 0.0426. The summed E-state index contributed by atoms with van der Waals surface area (Å²) in [6.45, 7) is 4.55. The summed E-state index contributed by atoms with van der Waals surface area (Å²) in [6, 6.07) is 13.6. The third kappa shape index (κ3) is 4.67. The van der Waals surface area contributed by atoms with E-state index >= 15 is 0 Å². The average Bonchev–Trinajstić information content (AvgIpc) is 3.46. The minimum atomic E-state index is -0.235. The van der Waals surface area contributed by atoms with Crippen LogP contribution in [0.15, 0.2) is 42.5 Å². The second-order valence-corrected chi connectivity index (χ2v) is 7.08. The Kier molecular flexibility index (Phi) is 5.79. The Balaban J connectivity index is 1.45. The number of ether oxygens (including phenoxy) is 1. The van der Waals surface area contributed by atoms with E-state index in [1.165, 1.54) is 0 Å². The summed E-state index contributed by atoms with van der Waals surface area (Å²) in [6.07, 6.45) is 1.34. The highest BCUT2D eigenvalue weighted by atomic mass is 16.5. The van der Waals surface area contributed by atoms with E-state index in [1.807, 2.05) is 56.3 Å². The zero-order chi connectivity index (χ0) is 19.4. The lowest BCUT2D eigenvalue weighted by Gasteiger charge is -2.10. The van der Waals surface area contributed by atoms with Gasteiger partial charge in [-0.05, 0) is 61.6 Å². The standard InChI is InChI=1S/C22H26N2O3/c1-14-6-4-9-20(15(14)2)24-22(26)19-13-18(19)21(25)23-11-10-16-7-5-8-17(12-16)27-3/h4-9,12,18-19H,10-11,13H2,1-3H3,(H,23,25)(H,24,26). The van der Waals surface area contributed by atoms with Crippen LogP contribution in [-0.4, -0.2) is 25.5 Å². The van der Waals surface area contributed by atoms with Crippen molar-refractivity contribution in [1.82, 2.24) is 5.32 Å². The molecule has 2 unspecified atom stereocenters. The number of carbonyl (C=O) groups excluding carboxylic acids is 2. The summed E-state index contributed by atoms with van der Waals surface area (Å²) >= 11 is 0. The zero-order valence-electron chi connectivity index (χ0n) is 16.0. The van der Waals surface area contributed by atoms with Gasteiger partial charge in [0.15, 0.2) is 0 Å². The molecule has 2 N–H and O–H groups in total. The molecule has 27 heavy (non-hydrogen) atoms. The Morgan fingerprint density at radius 1 is 1.07 bits per heavy atom. The van der Waals surface area contributed by atoms with Crippen LogP contribution in [0, 0.1) is 25.7 Å². The van der Waals surface area contributed by atoms with Crippen LogP contribution in [0.3, 0.4) is 0 Å². The van der Waals surface area contributed by atoms with Gasteiger partial charge in [-0.1, -0.05) is 24.3 Å². The van der Waals surface area contributed by atoms with Crippen molar-refractivity contribution in [1.29, 1.82) is 0 Å². The van der Waals surface area contributed by atoms with E-state index in [4.69, 9.17) is 4.74 Å². The van der Waals surface area contributed by atoms with Gasteiger partial charge in [0.1, 0.15) is 5.75 Å². The van der Waals surface area contributed by atoms with Crippen LogP contribution in [-0.2, 0) is 16.0 Å². The molecule has 142 valence electrons. The summed E-state index contributed by atoms with van der Waals surface area (Å²) in [5.41, 5.74) is 4.12. The van der Waals surface area contributed by atoms with Crippen molar-refractivity contribution in [3.05, 3.63) is 59.2 Å². The first kappa shape index (κ1) is 19.0. The second-order valence-electron chi connectivity index (χ2n) is 7.08. The number of amides is 2. The monoisotopic (exact) mass is 366 g/mol. The van der Waals surface area contributed by atoms with Gasteiger partial charge in [-0.15, -0.1) is 0 Å². The van der Waals surface area contributed by atoms with Crippen molar-refractivity contribution in [2.75, 3.05) is 19.0 Å². The van der Waals surface area contributed by atoms with E-state index in [9.17, 15) is 9.59 Å². The van der Waals surface area contributed by atoms with E-state index in [0.29, 0.717) is 13.0 Å². The maximum absolute atomic E-state index is 12.4. The predicted octanol–water partition coefficient (Wildman–Crippen LogP) is 3.25. The highest BCUT2D eigenvalue weighted by Crippen LogP contribution is 2.39. The van der Waals surface area contributed by atoms with Crippen LogP contribution < -0.4 is 15.4 Å². The summed E-state index contributed by atoms with van der Waals surface area (Å²) in [4.78, 5) is 24.7. The number of rotatable bonds is 7. The molecule has 2 amide bonds. The fraction of sp³-hybridized carbons (Fsp3) is 0.364. The molecule has 2 atom stereocenters. The Bertz CT molecular complexity index is 847. The first-order chi connectivity index (χ1) is 13.0. The van der Waals surface area contributed by atoms with E-state index in [2.05, 4.69) is 10.6 Å². The quantitative estimate of drug-likeness (QED) is 0.790. The SMILES string of the molecule is COc1cccc(CCNC(=O)C2CC2C(=O)Nc2cccc(C)c2C)c1. The van der Waals surface area contributed by atoms with Crippen LogP contribution >= 0.6 is 0 Å². The van der Waals surface area contributed by atoms with Crippen molar-refractivity contribution >= 4 is 17.5 Å². The fourth-order valence-corrected chi connectivity index (χ4v) is 3.18. The molecule has 1 aliphatic rings. The van der Waals surface area contributed by atoms with Crippen LogP contribution in [0.5, 0.6) is 5.75 Å². The second kappa shape index (κ2) is 8.25. The molecule has 0 aromatic heterocycles. The van der Waals surface area contributed by atoms with Gasteiger partial charge >= 0.3 is 0 Å². The highest BCUT2D eigenvalue weighted by Gasteiger charge is 2.47. The summed E-state index contributed by atoms with van der Waals surface area (Å²) in [5.74, 6) is 0.238. The number of carbonyl (C=O) groups is 2. The third-order valence-electron chi connectivity index (χ3n) is 5.17. The van der Waals surface area contributed by atoms with Crippen molar-refractivity contribution in [3.8, 4) is 5.75 Å². The van der Waals surface area contributed by atoms with Crippen molar-refractivity contribution < 1.29 is 14.3 Å². The molecule has 2 aromatic rings. The first-order valence-corrected chi connectivity index (χ1v) is 9.27. The lowest BCUT2D eigenvalue weighted by atomic mass is 10.1. The fourth-order valence-electron chi connectivity index (χ4n) is 3.18. The van der Waals surface area contributed by atoms with Crippen LogP contribution in [0.4, 0.5) is 5.69 Å². The summed E-state index contributed by atoms with van der Waals surface area (Å²) in [5, 5.41) is 5.90. The van der Waals surface area contributed by atoms with E-state index in [-0.39, 0.29) is 23.7 Å². The van der Waals surface area contributed by atoms with E-state index in [1.54, 1.807) is 7.11 Å². The van der Waals surface area contributed by atoms with E-state index < -0.39 is 0 Å². The number of anilines is 1. The molecule has 0 saturated heterocycles. The number of aryl methyl sites for hydroxylation is 1. The van der Waals surface area contributed by atoms with Crippen molar-refractivity contribution in [2.45, 2.75) is 26.7 Å². The number of nitrogens with one attached hydrogen (secondary N) is 2. The lowest BCUT2D eigenvalue weighted by Crippen LogP contribution is -2.29. The molecule has 0 aliphatic heterocycles. The largest absolute Gasteiger partial charge is 0.497 e. The van der Waals surface area contributed by atoms with Crippen LogP contribution in [0.25, 0.3) is 0 Å². The number of hydrogen-bond acceptors (Lipinski definition) is 3. The molecule has 5 nitrogen and oxygen atoms in total. The maximum Gasteiger partial charge on any atom is 0.228 e. The summed E-state index contributed by atoms with van der Waals surface area (Å²) < 4.78 is 5.20. The average molecular weight is 366 g/mol. The molecule has 0 radical (unpaired) electrons. The molecule has 2 aromatic carbocycles. The lowest BCUT2D eigenvalue weighted by molar-refractivity contribution is -0.125. The molecular formula is C22H26N2O3. The molecule has 0 heterocycles. The van der Waals surface area contributed by atoms with Gasteiger partial charge in [-0.2, -0.15) is 0 Å². The highest BCUT2D eigenvalue weighted by molar-refractivity contribution is 6.00. The molecule has 1 aliphatic carbocycles. The zero-order valence-corrected chi connectivity index (χ0v) is 16.0. The third-order valence-corrected chi connectivity index (χ3v) is 5.17. The Morgan fingerprint density at radius 2 is 1.81 bits per heavy atom. The van der Waals surface area contributed by atoms with Gasteiger partial charge in [-0.3, -0.25) is 9.59 Å².